The Morgan fingerprint density at radius 3 is 2.20 bits per heavy atom. The van der Waals surface area contributed by atoms with E-state index in [-0.39, 0.29) is 30.6 Å². The molecule has 0 bridgehead atoms. The van der Waals surface area contributed by atoms with Crippen molar-refractivity contribution in [2.24, 2.45) is 0 Å². The second-order valence-corrected chi connectivity index (χ2v) is 6.18. The molecule has 2 aromatic carbocycles. The first-order valence-electron chi connectivity index (χ1n) is 7.90. The fourth-order valence-corrected chi connectivity index (χ4v) is 2.58. The smallest absolute Gasteiger partial charge is 0.242 e. The normalized spacial score (nSPS) is 11.7. The van der Waals surface area contributed by atoms with E-state index in [1.165, 1.54) is 24.1 Å². The topological polar surface area (TPSA) is 49.4 Å². The first-order valence-corrected chi connectivity index (χ1v) is 8.28. The van der Waals surface area contributed by atoms with Gasteiger partial charge in [-0.25, -0.2) is 4.39 Å². The van der Waals surface area contributed by atoms with E-state index in [1.807, 2.05) is 0 Å². The van der Waals surface area contributed by atoms with Crippen molar-refractivity contribution in [1.29, 1.82) is 0 Å². The van der Waals surface area contributed by atoms with Crippen molar-refractivity contribution in [3.8, 4) is 0 Å². The van der Waals surface area contributed by atoms with Gasteiger partial charge in [-0.2, -0.15) is 0 Å². The van der Waals surface area contributed by atoms with Crippen molar-refractivity contribution < 1.29 is 14.0 Å². The second-order valence-electron chi connectivity index (χ2n) is 5.74. The zero-order valence-corrected chi connectivity index (χ0v) is 14.9. The molecule has 0 aromatic heterocycles. The number of rotatable bonds is 6. The van der Waals surface area contributed by atoms with Gasteiger partial charge in [0, 0.05) is 18.6 Å². The van der Waals surface area contributed by atoms with Crippen molar-refractivity contribution in [1.82, 2.24) is 10.2 Å². The molecule has 4 nitrogen and oxygen atoms in total. The molecule has 0 saturated heterocycles. The first-order chi connectivity index (χ1) is 11.9. The van der Waals surface area contributed by atoms with Gasteiger partial charge in [0.2, 0.25) is 11.8 Å². The summed E-state index contributed by atoms with van der Waals surface area (Å²) in [6.45, 7) is 1.89. The van der Waals surface area contributed by atoms with Crippen LogP contribution in [0.3, 0.4) is 0 Å². The third-order valence-corrected chi connectivity index (χ3v) is 4.20. The van der Waals surface area contributed by atoms with Gasteiger partial charge in [0.25, 0.3) is 0 Å². The van der Waals surface area contributed by atoms with Crippen LogP contribution in [-0.2, 0) is 22.6 Å². The summed E-state index contributed by atoms with van der Waals surface area (Å²) in [5.74, 6) is -0.795. The molecule has 0 spiro atoms. The van der Waals surface area contributed by atoms with E-state index in [9.17, 15) is 14.0 Å². The molecule has 2 rings (SSSR count). The Morgan fingerprint density at radius 1 is 1.08 bits per heavy atom. The maximum Gasteiger partial charge on any atom is 0.242 e. The van der Waals surface area contributed by atoms with Crippen molar-refractivity contribution in [3.63, 3.8) is 0 Å². The molecule has 6 heteroatoms. The number of benzene rings is 2. The van der Waals surface area contributed by atoms with Crippen LogP contribution in [0.5, 0.6) is 0 Å². The predicted octanol–water partition coefficient (Wildman–Crippen LogP) is 3.18. The molecule has 0 aliphatic rings. The van der Waals surface area contributed by atoms with Gasteiger partial charge in [-0.3, -0.25) is 9.59 Å². The zero-order valence-electron chi connectivity index (χ0n) is 14.1. The van der Waals surface area contributed by atoms with E-state index >= 15 is 0 Å². The van der Waals surface area contributed by atoms with Gasteiger partial charge in [0.1, 0.15) is 11.9 Å². The van der Waals surface area contributed by atoms with Crippen LogP contribution in [0.2, 0.25) is 5.02 Å². The Morgan fingerprint density at radius 2 is 1.64 bits per heavy atom. The maximum absolute atomic E-state index is 13.1. The summed E-state index contributed by atoms with van der Waals surface area (Å²) in [6.07, 6.45) is 0.152. The molecular formula is C19H20ClFN2O2. The van der Waals surface area contributed by atoms with Crippen LogP contribution in [0.15, 0.2) is 48.5 Å². The molecule has 0 saturated carbocycles. The molecule has 1 N–H and O–H groups in total. The summed E-state index contributed by atoms with van der Waals surface area (Å²) < 4.78 is 13.1. The number of carbonyl (C=O) groups is 2. The van der Waals surface area contributed by atoms with Gasteiger partial charge in [-0.05, 0) is 42.3 Å². The minimum atomic E-state index is -0.644. The van der Waals surface area contributed by atoms with Crippen LogP contribution in [0, 0.1) is 5.82 Å². The Bertz CT molecular complexity index is 732. The standard InChI is InChI=1S/C19H20ClFN2O2/c1-13(19(25)22-2)23(12-15-5-9-17(21)10-6-15)18(24)11-14-3-7-16(20)8-4-14/h3-10,13H,11-12H2,1-2H3,(H,22,25)/t13-/m0/s1. The van der Waals surface area contributed by atoms with Crippen LogP contribution < -0.4 is 5.32 Å². The highest BCUT2D eigenvalue weighted by atomic mass is 35.5. The third kappa shape index (κ3) is 5.29. The molecule has 2 aromatic rings. The average Bonchev–Trinajstić information content (AvgIpc) is 2.61. The molecule has 0 radical (unpaired) electrons. The lowest BCUT2D eigenvalue weighted by atomic mass is 10.1. The van der Waals surface area contributed by atoms with Gasteiger partial charge in [-0.1, -0.05) is 35.9 Å². The molecule has 0 unspecified atom stereocenters. The van der Waals surface area contributed by atoms with Crippen LogP contribution in [0.4, 0.5) is 4.39 Å². The third-order valence-electron chi connectivity index (χ3n) is 3.95. The SMILES string of the molecule is CNC(=O)[C@H](C)N(Cc1ccc(F)cc1)C(=O)Cc1ccc(Cl)cc1. The lowest BCUT2D eigenvalue weighted by Crippen LogP contribution is -2.47. The Kier molecular flexibility index (Phi) is 6.53. The van der Waals surface area contributed by atoms with Crippen LogP contribution >= 0.6 is 11.6 Å². The minimum Gasteiger partial charge on any atom is -0.357 e. The average molecular weight is 363 g/mol. The molecule has 0 aliphatic carbocycles. The summed E-state index contributed by atoms with van der Waals surface area (Å²) in [4.78, 5) is 26.3. The monoisotopic (exact) mass is 362 g/mol. The molecular weight excluding hydrogens is 343 g/mol. The van der Waals surface area contributed by atoms with Crippen molar-refractivity contribution in [3.05, 3.63) is 70.5 Å². The van der Waals surface area contributed by atoms with Crippen molar-refractivity contribution in [2.45, 2.75) is 25.9 Å². The van der Waals surface area contributed by atoms with Crippen LogP contribution in [-0.4, -0.2) is 29.8 Å². The summed E-state index contributed by atoms with van der Waals surface area (Å²) >= 11 is 5.86. The van der Waals surface area contributed by atoms with E-state index < -0.39 is 6.04 Å². The van der Waals surface area contributed by atoms with E-state index in [1.54, 1.807) is 43.3 Å². The van der Waals surface area contributed by atoms with E-state index in [0.717, 1.165) is 11.1 Å². The summed E-state index contributed by atoms with van der Waals surface area (Å²) in [6, 6.07) is 12.2. The fourth-order valence-electron chi connectivity index (χ4n) is 2.46. The lowest BCUT2D eigenvalue weighted by Gasteiger charge is -2.28. The first kappa shape index (κ1) is 18.9. The second kappa shape index (κ2) is 8.62. The van der Waals surface area contributed by atoms with E-state index in [2.05, 4.69) is 5.32 Å². The van der Waals surface area contributed by atoms with Gasteiger partial charge >= 0.3 is 0 Å². The molecule has 0 heterocycles. The van der Waals surface area contributed by atoms with Gasteiger partial charge < -0.3 is 10.2 Å². The zero-order chi connectivity index (χ0) is 18.4. The minimum absolute atomic E-state index is 0.152. The van der Waals surface area contributed by atoms with Crippen molar-refractivity contribution in [2.75, 3.05) is 7.05 Å². The molecule has 2 amide bonds. The maximum atomic E-state index is 13.1. The lowest BCUT2D eigenvalue weighted by molar-refractivity contribution is -0.139. The number of hydrogen-bond acceptors (Lipinski definition) is 2. The number of halogens is 2. The van der Waals surface area contributed by atoms with Gasteiger partial charge in [0.05, 0.1) is 6.42 Å². The molecule has 132 valence electrons. The Hall–Kier alpha value is -2.40. The molecule has 1 atom stereocenters. The van der Waals surface area contributed by atoms with Crippen molar-refractivity contribution >= 4 is 23.4 Å². The van der Waals surface area contributed by atoms with Crippen LogP contribution in [0.25, 0.3) is 0 Å². The highest BCUT2D eigenvalue weighted by Crippen LogP contribution is 2.15. The Balaban J connectivity index is 2.20. The molecule has 0 fully saturated rings. The van der Waals surface area contributed by atoms with E-state index in [0.29, 0.717) is 5.02 Å². The number of hydrogen-bond donors (Lipinski definition) is 1. The number of likely N-dealkylation sites (N-methyl/N-ethyl adjacent to an activating group) is 1. The van der Waals surface area contributed by atoms with Gasteiger partial charge in [0.15, 0.2) is 0 Å². The van der Waals surface area contributed by atoms with Crippen LogP contribution in [0.1, 0.15) is 18.1 Å². The number of nitrogens with zero attached hydrogens (tertiary/aromatic N) is 1. The summed E-state index contributed by atoms with van der Waals surface area (Å²) in [7, 11) is 1.53. The summed E-state index contributed by atoms with van der Waals surface area (Å²) in [5.41, 5.74) is 1.56. The molecule has 25 heavy (non-hydrogen) atoms. The summed E-state index contributed by atoms with van der Waals surface area (Å²) in [5, 5.41) is 3.15. The quantitative estimate of drug-likeness (QED) is 0.858. The Labute approximate surface area is 151 Å². The largest absolute Gasteiger partial charge is 0.357 e. The fraction of sp³-hybridized carbons (Fsp3) is 0.263. The number of nitrogens with one attached hydrogen (secondary N) is 1. The van der Waals surface area contributed by atoms with Gasteiger partial charge in [-0.15, -0.1) is 0 Å². The predicted molar refractivity (Wildman–Crippen MR) is 95.6 cm³/mol. The number of amides is 2. The molecule has 0 aliphatic heterocycles. The highest BCUT2D eigenvalue weighted by molar-refractivity contribution is 6.30. The highest BCUT2D eigenvalue weighted by Gasteiger charge is 2.25. The van der Waals surface area contributed by atoms with E-state index in [4.69, 9.17) is 11.6 Å². The number of carbonyl (C=O) groups excluding carboxylic acids is 2.